The second-order valence-corrected chi connectivity index (χ2v) is 8.06. The minimum Gasteiger partial charge on any atom is -0.508 e. The number of unbranched alkanes of at least 4 members (excludes halogenated alkanes) is 7. The maximum Gasteiger partial charge on any atom is 0.121 e. The highest BCUT2D eigenvalue weighted by Gasteiger charge is 2.10. The van der Waals surface area contributed by atoms with Gasteiger partial charge in [-0.3, -0.25) is 0 Å². The van der Waals surface area contributed by atoms with E-state index in [4.69, 9.17) is 4.74 Å². The molecule has 0 saturated heterocycles. The third kappa shape index (κ3) is 6.16. The van der Waals surface area contributed by atoms with E-state index in [1.54, 1.807) is 12.1 Å². The molecule has 0 bridgehead atoms. The highest BCUT2D eigenvalue weighted by atomic mass is 16.5. The van der Waals surface area contributed by atoms with Crippen LogP contribution in [0.5, 0.6) is 11.5 Å². The number of rotatable bonds is 12. The molecule has 0 unspecified atom stereocenters. The number of phenolic OH excluding ortho intramolecular Hbond substituents is 1. The summed E-state index contributed by atoms with van der Waals surface area (Å²) in [6, 6.07) is 19.9. The highest BCUT2D eigenvalue weighted by Crippen LogP contribution is 2.29. The first-order chi connectivity index (χ1) is 14.7. The molecule has 30 heavy (non-hydrogen) atoms. The van der Waals surface area contributed by atoms with Crippen molar-refractivity contribution < 1.29 is 9.84 Å². The average Bonchev–Trinajstić information content (AvgIpc) is 3.14. The largest absolute Gasteiger partial charge is 0.508 e. The van der Waals surface area contributed by atoms with Crippen molar-refractivity contribution in [3.63, 3.8) is 0 Å². The van der Waals surface area contributed by atoms with Crippen LogP contribution in [0.4, 0.5) is 0 Å². The van der Waals surface area contributed by atoms with Crippen LogP contribution in [-0.2, 0) is 0 Å². The summed E-state index contributed by atoms with van der Waals surface area (Å²) in [5, 5.41) is 9.59. The lowest BCUT2D eigenvalue weighted by atomic mass is 10.1. The maximum atomic E-state index is 9.59. The molecular weight excluding hydrogens is 370 g/mol. The van der Waals surface area contributed by atoms with Crippen LogP contribution in [0.1, 0.15) is 64.0 Å². The Kier molecular flexibility index (Phi) is 8.43. The van der Waals surface area contributed by atoms with Crippen LogP contribution in [0.25, 0.3) is 16.9 Å². The lowest BCUT2D eigenvalue weighted by Gasteiger charge is -2.14. The van der Waals surface area contributed by atoms with E-state index in [9.17, 15) is 5.11 Å². The number of ether oxygens (including phenoxy) is 1. The van der Waals surface area contributed by atoms with E-state index in [0.717, 1.165) is 35.7 Å². The van der Waals surface area contributed by atoms with Gasteiger partial charge in [-0.2, -0.15) is 0 Å². The number of aromatic hydroxyl groups is 1. The fraction of sp³-hybridized carbons (Fsp3) is 0.407. The van der Waals surface area contributed by atoms with Gasteiger partial charge in [0.1, 0.15) is 11.5 Å². The first-order valence-corrected chi connectivity index (χ1v) is 11.4. The zero-order valence-corrected chi connectivity index (χ0v) is 18.4. The summed E-state index contributed by atoms with van der Waals surface area (Å²) >= 11 is 0. The normalized spacial score (nSPS) is 11.0. The topological polar surface area (TPSA) is 34.4 Å². The highest BCUT2D eigenvalue weighted by molar-refractivity contribution is 5.65. The van der Waals surface area contributed by atoms with E-state index in [1.165, 1.54) is 50.6 Å². The quantitative estimate of drug-likeness (QED) is 0.314. The molecule has 3 rings (SSSR count). The van der Waals surface area contributed by atoms with Crippen molar-refractivity contribution in [2.75, 3.05) is 6.61 Å². The molecule has 0 spiro atoms. The van der Waals surface area contributed by atoms with Gasteiger partial charge in [0.15, 0.2) is 0 Å². The Morgan fingerprint density at radius 1 is 0.800 bits per heavy atom. The van der Waals surface area contributed by atoms with E-state index < -0.39 is 0 Å². The Bertz CT molecular complexity index is 895. The van der Waals surface area contributed by atoms with Crippen molar-refractivity contribution in [1.82, 2.24) is 4.57 Å². The SMILES string of the molecule is CCCCCCCCCCOc1cccc(-n2c(C)ccc2-c2ccc(O)cc2)c1. The Labute approximate surface area is 181 Å². The van der Waals surface area contributed by atoms with Gasteiger partial charge < -0.3 is 14.4 Å². The summed E-state index contributed by atoms with van der Waals surface area (Å²) in [4.78, 5) is 0. The molecule has 3 heteroatoms. The van der Waals surface area contributed by atoms with Crippen molar-refractivity contribution in [3.8, 4) is 28.4 Å². The van der Waals surface area contributed by atoms with Crippen molar-refractivity contribution in [3.05, 3.63) is 66.4 Å². The molecule has 0 radical (unpaired) electrons. The Morgan fingerprint density at radius 3 is 2.23 bits per heavy atom. The number of phenols is 1. The summed E-state index contributed by atoms with van der Waals surface area (Å²) in [5.74, 6) is 1.20. The Balaban J connectivity index is 1.57. The lowest BCUT2D eigenvalue weighted by molar-refractivity contribution is 0.304. The minimum atomic E-state index is 0.282. The third-order valence-corrected chi connectivity index (χ3v) is 5.58. The van der Waals surface area contributed by atoms with Gasteiger partial charge in [0, 0.05) is 17.4 Å². The molecule has 0 aliphatic carbocycles. The van der Waals surface area contributed by atoms with Gasteiger partial charge in [-0.15, -0.1) is 0 Å². The van der Waals surface area contributed by atoms with Crippen LogP contribution in [0.3, 0.4) is 0 Å². The van der Waals surface area contributed by atoms with Crippen LogP contribution in [-0.4, -0.2) is 16.3 Å². The molecular formula is C27H35NO2. The summed E-state index contributed by atoms with van der Waals surface area (Å²) in [7, 11) is 0. The Morgan fingerprint density at radius 2 is 1.50 bits per heavy atom. The number of aryl methyl sites for hydroxylation is 1. The molecule has 0 atom stereocenters. The molecule has 3 aromatic rings. The van der Waals surface area contributed by atoms with Crippen molar-refractivity contribution in [2.45, 2.75) is 65.2 Å². The summed E-state index contributed by atoms with van der Waals surface area (Å²) in [6.07, 6.45) is 10.4. The lowest BCUT2D eigenvalue weighted by Crippen LogP contribution is -2.01. The van der Waals surface area contributed by atoms with E-state index in [0.29, 0.717) is 0 Å². The van der Waals surface area contributed by atoms with Gasteiger partial charge in [-0.25, -0.2) is 0 Å². The molecule has 160 valence electrons. The van der Waals surface area contributed by atoms with Gasteiger partial charge in [0.05, 0.1) is 12.3 Å². The second-order valence-electron chi connectivity index (χ2n) is 8.06. The van der Waals surface area contributed by atoms with Crippen LogP contribution in [0.2, 0.25) is 0 Å². The second kappa shape index (κ2) is 11.5. The van der Waals surface area contributed by atoms with Crippen LogP contribution in [0, 0.1) is 6.92 Å². The first kappa shape index (κ1) is 22.0. The number of hydrogen-bond acceptors (Lipinski definition) is 2. The van der Waals surface area contributed by atoms with Crippen molar-refractivity contribution in [2.24, 2.45) is 0 Å². The van der Waals surface area contributed by atoms with Gasteiger partial charge in [-0.05, 0) is 67.4 Å². The fourth-order valence-electron chi connectivity index (χ4n) is 3.88. The van der Waals surface area contributed by atoms with Gasteiger partial charge in [0.25, 0.3) is 0 Å². The predicted octanol–water partition coefficient (Wildman–Crippen LogP) is 7.68. The summed E-state index contributed by atoms with van der Waals surface area (Å²) in [5.41, 5.74) is 4.44. The molecule has 1 aromatic heterocycles. The molecule has 0 aliphatic heterocycles. The summed E-state index contributed by atoms with van der Waals surface area (Å²) < 4.78 is 8.28. The number of benzene rings is 2. The van der Waals surface area contributed by atoms with E-state index in [1.807, 2.05) is 18.2 Å². The third-order valence-electron chi connectivity index (χ3n) is 5.58. The van der Waals surface area contributed by atoms with E-state index in [-0.39, 0.29) is 5.75 Å². The van der Waals surface area contributed by atoms with Gasteiger partial charge in [-0.1, -0.05) is 57.9 Å². The standard InChI is InChI=1S/C27H35NO2/c1-3-4-5-6-7-8-9-10-20-30-26-13-11-12-24(21-26)28-22(2)14-19-27(28)23-15-17-25(29)18-16-23/h11-19,21,29H,3-10,20H2,1-2H3. The van der Waals surface area contributed by atoms with Crippen LogP contribution < -0.4 is 4.74 Å². The zero-order valence-electron chi connectivity index (χ0n) is 18.4. The van der Waals surface area contributed by atoms with E-state index in [2.05, 4.69) is 48.7 Å². The van der Waals surface area contributed by atoms with E-state index >= 15 is 0 Å². The zero-order chi connectivity index (χ0) is 21.2. The predicted molar refractivity (Wildman–Crippen MR) is 126 cm³/mol. The Hall–Kier alpha value is -2.68. The van der Waals surface area contributed by atoms with Gasteiger partial charge in [0.2, 0.25) is 0 Å². The fourth-order valence-corrected chi connectivity index (χ4v) is 3.88. The molecule has 0 amide bonds. The molecule has 1 heterocycles. The first-order valence-electron chi connectivity index (χ1n) is 11.4. The van der Waals surface area contributed by atoms with Crippen molar-refractivity contribution >= 4 is 0 Å². The smallest absolute Gasteiger partial charge is 0.121 e. The molecule has 2 aromatic carbocycles. The number of aromatic nitrogens is 1. The number of hydrogen-bond donors (Lipinski definition) is 1. The summed E-state index contributed by atoms with van der Waals surface area (Å²) in [6.45, 7) is 5.14. The molecule has 1 N–H and O–H groups in total. The maximum absolute atomic E-state index is 9.59. The van der Waals surface area contributed by atoms with Crippen LogP contribution in [0.15, 0.2) is 60.7 Å². The molecule has 0 aliphatic rings. The molecule has 3 nitrogen and oxygen atoms in total. The number of nitrogens with zero attached hydrogens (tertiary/aromatic N) is 1. The van der Waals surface area contributed by atoms with Crippen LogP contribution >= 0.6 is 0 Å². The minimum absolute atomic E-state index is 0.282. The van der Waals surface area contributed by atoms with Gasteiger partial charge >= 0.3 is 0 Å². The molecule has 0 fully saturated rings. The molecule has 0 saturated carbocycles. The monoisotopic (exact) mass is 405 g/mol. The average molecular weight is 406 g/mol. The van der Waals surface area contributed by atoms with Crippen molar-refractivity contribution in [1.29, 1.82) is 0 Å².